The second-order valence-corrected chi connectivity index (χ2v) is 7.93. The highest BCUT2D eigenvalue weighted by atomic mass is 32.2. The molecule has 1 aromatic carbocycles. The summed E-state index contributed by atoms with van der Waals surface area (Å²) in [6.45, 7) is 3.04. The molecular weight excluding hydrogens is 386 g/mol. The smallest absolute Gasteiger partial charge is 0.270 e. The normalized spacial score (nSPS) is 15.4. The number of pyridine rings is 1. The third-order valence-electron chi connectivity index (χ3n) is 5.01. The van der Waals surface area contributed by atoms with Crippen molar-refractivity contribution >= 4 is 34.4 Å². The van der Waals surface area contributed by atoms with Crippen LogP contribution in [0.4, 0.5) is 5.69 Å². The van der Waals surface area contributed by atoms with Crippen molar-refractivity contribution in [1.82, 2.24) is 20.3 Å². The number of amides is 1. The summed E-state index contributed by atoms with van der Waals surface area (Å²) in [5.74, 6) is 1.51. The van der Waals surface area contributed by atoms with Crippen molar-refractivity contribution in [1.29, 1.82) is 0 Å². The van der Waals surface area contributed by atoms with Gasteiger partial charge in [-0.1, -0.05) is 12.1 Å². The summed E-state index contributed by atoms with van der Waals surface area (Å²) in [6, 6.07) is 11.5. The van der Waals surface area contributed by atoms with E-state index in [1.807, 2.05) is 36.4 Å². The van der Waals surface area contributed by atoms with Gasteiger partial charge in [0.15, 0.2) is 0 Å². The second kappa shape index (κ2) is 9.28. The molecule has 0 radical (unpaired) electrons. The predicted octanol–water partition coefficient (Wildman–Crippen LogP) is 3.02. The molecule has 0 aliphatic carbocycles. The van der Waals surface area contributed by atoms with Crippen molar-refractivity contribution in [2.24, 2.45) is 0 Å². The number of nitrogens with one attached hydrogen (secondary N) is 2. The molecule has 3 aromatic rings. The van der Waals surface area contributed by atoms with Crippen LogP contribution in [0, 0.1) is 0 Å². The molecule has 1 fully saturated rings. The topological polar surface area (TPSA) is 83.1 Å². The molecule has 0 bridgehead atoms. The molecule has 8 heteroatoms. The number of hydrogen-bond donors (Lipinski definition) is 2. The van der Waals surface area contributed by atoms with Crippen molar-refractivity contribution in [2.75, 3.05) is 43.2 Å². The van der Waals surface area contributed by atoms with E-state index < -0.39 is 0 Å². The molecule has 3 heterocycles. The molecule has 4 rings (SSSR count). The number of rotatable bonds is 7. The maximum atomic E-state index is 13.0. The first-order valence-electron chi connectivity index (χ1n) is 9.78. The third kappa shape index (κ3) is 4.71. The number of nitrogens with zero attached hydrogens (tertiary/aromatic N) is 3. The number of para-hydroxylation sites is 2. The molecule has 0 spiro atoms. The van der Waals surface area contributed by atoms with Gasteiger partial charge in [0.25, 0.3) is 5.91 Å². The van der Waals surface area contributed by atoms with Crippen molar-refractivity contribution in [3.05, 3.63) is 54.1 Å². The largest absolute Gasteiger partial charge is 0.378 e. The SMILES string of the molecule is CSCCC(NC(=O)c1cc(N2CCOCC2)ccn1)c1nc2ccccc2[nH]1. The number of fused-ring (bicyclic) bond motifs is 1. The van der Waals surface area contributed by atoms with Gasteiger partial charge in [-0.3, -0.25) is 9.78 Å². The number of ether oxygens (including phenoxy) is 1. The van der Waals surface area contributed by atoms with Crippen LogP contribution in [-0.4, -0.2) is 59.2 Å². The van der Waals surface area contributed by atoms with Gasteiger partial charge in [-0.2, -0.15) is 11.8 Å². The van der Waals surface area contributed by atoms with Crippen molar-refractivity contribution in [3.63, 3.8) is 0 Å². The summed E-state index contributed by atoms with van der Waals surface area (Å²) in [5, 5.41) is 3.12. The average molecular weight is 412 g/mol. The van der Waals surface area contributed by atoms with E-state index in [-0.39, 0.29) is 11.9 Å². The van der Waals surface area contributed by atoms with Crippen LogP contribution in [0.1, 0.15) is 28.8 Å². The second-order valence-electron chi connectivity index (χ2n) is 6.95. The lowest BCUT2D eigenvalue weighted by Gasteiger charge is -2.29. The molecule has 1 saturated heterocycles. The number of imidazole rings is 1. The van der Waals surface area contributed by atoms with Crippen LogP contribution in [0.2, 0.25) is 0 Å². The highest BCUT2D eigenvalue weighted by Crippen LogP contribution is 2.21. The summed E-state index contributed by atoms with van der Waals surface area (Å²) >= 11 is 1.75. The fraction of sp³-hybridized carbons (Fsp3) is 0.381. The predicted molar refractivity (Wildman–Crippen MR) is 117 cm³/mol. The van der Waals surface area contributed by atoms with E-state index in [0.29, 0.717) is 18.9 Å². The number of benzene rings is 1. The summed E-state index contributed by atoms with van der Waals surface area (Å²) in [7, 11) is 0. The zero-order valence-corrected chi connectivity index (χ0v) is 17.2. The third-order valence-corrected chi connectivity index (χ3v) is 5.65. The van der Waals surface area contributed by atoms with E-state index in [1.54, 1.807) is 18.0 Å². The van der Waals surface area contributed by atoms with Crippen LogP contribution >= 0.6 is 11.8 Å². The number of hydrogen-bond acceptors (Lipinski definition) is 6. The highest BCUT2D eigenvalue weighted by molar-refractivity contribution is 7.98. The van der Waals surface area contributed by atoms with Crippen LogP contribution in [0.15, 0.2) is 42.6 Å². The van der Waals surface area contributed by atoms with Gasteiger partial charge in [-0.25, -0.2) is 4.98 Å². The number of carbonyl (C=O) groups excluding carboxylic acids is 1. The zero-order chi connectivity index (χ0) is 20.1. The first-order chi connectivity index (χ1) is 14.2. The van der Waals surface area contributed by atoms with Crippen LogP contribution in [0.5, 0.6) is 0 Å². The average Bonchev–Trinajstić information content (AvgIpc) is 3.21. The number of thioether (sulfide) groups is 1. The number of aromatic nitrogens is 3. The fourth-order valence-corrected chi connectivity index (χ4v) is 3.92. The molecule has 1 amide bonds. The minimum Gasteiger partial charge on any atom is -0.378 e. The number of carbonyl (C=O) groups is 1. The van der Waals surface area contributed by atoms with Gasteiger partial charge < -0.3 is 19.9 Å². The fourth-order valence-electron chi connectivity index (χ4n) is 3.44. The quantitative estimate of drug-likeness (QED) is 0.622. The lowest BCUT2D eigenvalue weighted by atomic mass is 10.2. The maximum Gasteiger partial charge on any atom is 0.270 e. The van der Waals surface area contributed by atoms with E-state index in [0.717, 1.165) is 47.8 Å². The summed E-state index contributed by atoms with van der Waals surface area (Å²) in [5.41, 5.74) is 3.29. The van der Waals surface area contributed by atoms with Gasteiger partial charge in [0.05, 0.1) is 30.3 Å². The highest BCUT2D eigenvalue weighted by Gasteiger charge is 2.21. The van der Waals surface area contributed by atoms with Gasteiger partial charge >= 0.3 is 0 Å². The monoisotopic (exact) mass is 411 g/mol. The van der Waals surface area contributed by atoms with Crippen LogP contribution in [-0.2, 0) is 4.74 Å². The first kappa shape index (κ1) is 19.7. The maximum absolute atomic E-state index is 13.0. The molecule has 152 valence electrons. The Labute approximate surface area is 174 Å². The molecule has 0 saturated carbocycles. The molecule has 1 atom stereocenters. The minimum atomic E-state index is -0.198. The molecule has 7 nitrogen and oxygen atoms in total. The molecule has 2 N–H and O–H groups in total. The van der Waals surface area contributed by atoms with Crippen molar-refractivity contribution in [2.45, 2.75) is 12.5 Å². The number of aromatic amines is 1. The number of H-pyrrole nitrogens is 1. The lowest BCUT2D eigenvalue weighted by molar-refractivity contribution is 0.0929. The van der Waals surface area contributed by atoms with Gasteiger partial charge in [0.2, 0.25) is 0 Å². The Bertz CT molecular complexity index is 937. The Kier molecular flexibility index (Phi) is 6.31. The minimum absolute atomic E-state index is 0.188. The zero-order valence-electron chi connectivity index (χ0n) is 16.4. The van der Waals surface area contributed by atoms with E-state index in [1.165, 1.54) is 0 Å². The van der Waals surface area contributed by atoms with Crippen molar-refractivity contribution in [3.8, 4) is 0 Å². The Morgan fingerprint density at radius 2 is 2.14 bits per heavy atom. The molecule has 29 heavy (non-hydrogen) atoms. The molecule has 2 aromatic heterocycles. The summed E-state index contributed by atoms with van der Waals surface area (Å²) in [6.07, 6.45) is 4.54. The van der Waals surface area contributed by atoms with Crippen LogP contribution in [0.25, 0.3) is 11.0 Å². The van der Waals surface area contributed by atoms with Crippen LogP contribution in [0.3, 0.4) is 0 Å². The van der Waals surface area contributed by atoms with E-state index in [9.17, 15) is 4.79 Å². The standard InChI is InChI=1S/C21H25N5O2S/c1-29-13-7-18(20-23-16-4-2-3-5-17(16)24-20)25-21(27)19-14-15(6-8-22-19)26-9-11-28-12-10-26/h2-6,8,14,18H,7,9-13H2,1H3,(H,23,24)(H,25,27). The van der Waals surface area contributed by atoms with Crippen molar-refractivity contribution < 1.29 is 9.53 Å². The van der Waals surface area contributed by atoms with Gasteiger partial charge in [0.1, 0.15) is 11.5 Å². The first-order valence-corrected chi connectivity index (χ1v) is 11.2. The van der Waals surface area contributed by atoms with Crippen LogP contribution < -0.4 is 10.2 Å². The van der Waals surface area contributed by atoms with E-state index in [4.69, 9.17) is 4.74 Å². The molecular formula is C21H25N5O2S. The Morgan fingerprint density at radius 1 is 1.31 bits per heavy atom. The van der Waals surface area contributed by atoms with Gasteiger partial charge in [0, 0.05) is 25.0 Å². The van der Waals surface area contributed by atoms with E-state index >= 15 is 0 Å². The Balaban J connectivity index is 1.53. The summed E-state index contributed by atoms with van der Waals surface area (Å²) in [4.78, 5) is 27.5. The van der Waals surface area contributed by atoms with E-state index in [2.05, 4.69) is 31.4 Å². The Hall–Kier alpha value is -2.58. The summed E-state index contributed by atoms with van der Waals surface area (Å²) < 4.78 is 5.41. The number of anilines is 1. The molecule has 1 unspecified atom stereocenters. The van der Waals surface area contributed by atoms with Gasteiger partial charge in [-0.05, 0) is 42.7 Å². The molecule has 1 aliphatic rings. The lowest BCUT2D eigenvalue weighted by Crippen LogP contribution is -2.36. The molecule has 1 aliphatic heterocycles. The van der Waals surface area contributed by atoms with Gasteiger partial charge in [-0.15, -0.1) is 0 Å². The number of morpholine rings is 1. The Morgan fingerprint density at radius 3 is 2.93 bits per heavy atom.